The molecule has 2 aromatic carbocycles. The lowest BCUT2D eigenvalue weighted by molar-refractivity contribution is -0.145. The number of methoxy groups -OCH3 is 1. The van der Waals surface area contributed by atoms with Crippen LogP contribution in [0, 0.1) is 0 Å². The predicted molar refractivity (Wildman–Crippen MR) is 123 cm³/mol. The van der Waals surface area contributed by atoms with E-state index in [1.54, 1.807) is 0 Å². The molecule has 0 radical (unpaired) electrons. The van der Waals surface area contributed by atoms with Gasteiger partial charge in [0.2, 0.25) is 0 Å². The van der Waals surface area contributed by atoms with E-state index in [9.17, 15) is 14.4 Å². The van der Waals surface area contributed by atoms with Crippen molar-refractivity contribution in [3.05, 3.63) is 71.8 Å². The molecule has 2 aromatic rings. The van der Waals surface area contributed by atoms with Gasteiger partial charge in [0.1, 0.15) is 13.2 Å². The van der Waals surface area contributed by atoms with Crippen LogP contribution in [0.1, 0.15) is 36.8 Å². The van der Waals surface area contributed by atoms with Crippen molar-refractivity contribution in [1.29, 1.82) is 0 Å². The molecule has 8 nitrogen and oxygen atoms in total. The van der Waals surface area contributed by atoms with Gasteiger partial charge >= 0.3 is 18.0 Å². The highest BCUT2D eigenvalue weighted by atomic mass is 16.5. The van der Waals surface area contributed by atoms with Crippen LogP contribution >= 0.6 is 0 Å². The molecule has 178 valence electrons. The fraction of sp³-hybridized carbons (Fsp3) is 0.400. The van der Waals surface area contributed by atoms with Gasteiger partial charge < -0.3 is 24.8 Å². The minimum absolute atomic E-state index is 0.0583. The number of esters is 2. The van der Waals surface area contributed by atoms with Crippen molar-refractivity contribution in [3.63, 3.8) is 0 Å². The van der Waals surface area contributed by atoms with Crippen LogP contribution in [0.2, 0.25) is 0 Å². The first kappa shape index (κ1) is 25.9. The molecule has 1 amide bonds. The Morgan fingerprint density at radius 1 is 0.818 bits per heavy atom. The highest BCUT2D eigenvalue weighted by Gasteiger charge is 2.17. The average Bonchev–Trinajstić information content (AvgIpc) is 2.84. The number of benzene rings is 2. The van der Waals surface area contributed by atoms with Gasteiger partial charge in [-0.2, -0.15) is 0 Å². The molecule has 0 aromatic heterocycles. The van der Waals surface area contributed by atoms with E-state index in [0.717, 1.165) is 11.1 Å². The summed E-state index contributed by atoms with van der Waals surface area (Å²) >= 11 is 0. The van der Waals surface area contributed by atoms with Gasteiger partial charge in [0, 0.05) is 12.6 Å². The van der Waals surface area contributed by atoms with E-state index in [0.29, 0.717) is 25.9 Å². The van der Waals surface area contributed by atoms with E-state index in [4.69, 9.17) is 14.2 Å². The molecule has 0 bridgehead atoms. The van der Waals surface area contributed by atoms with E-state index < -0.39 is 18.1 Å². The summed E-state index contributed by atoms with van der Waals surface area (Å²) in [5.41, 5.74) is 1.83. The van der Waals surface area contributed by atoms with Gasteiger partial charge in [-0.25, -0.2) is 4.79 Å². The highest BCUT2D eigenvalue weighted by molar-refractivity contribution is 5.72. The number of alkyl carbamates (subject to hydrolysis) is 1. The molecular weight excluding hydrogens is 424 g/mol. The Morgan fingerprint density at radius 3 is 2.03 bits per heavy atom. The predicted octanol–water partition coefficient (Wildman–Crippen LogP) is 3.35. The molecule has 33 heavy (non-hydrogen) atoms. The Morgan fingerprint density at radius 2 is 1.42 bits per heavy atom. The van der Waals surface area contributed by atoms with Crippen molar-refractivity contribution in [3.8, 4) is 0 Å². The van der Waals surface area contributed by atoms with Crippen LogP contribution in [0.5, 0.6) is 0 Å². The summed E-state index contributed by atoms with van der Waals surface area (Å²) in [6, 6.07) is 18.5. The summed E-state index contributed by atoms with van der Waals surface area (Å²) in [5.74, 6) is -0.671. The molecule has 0 aliphatic heterocycles. The molecule has 0 aliphatic rings. The van der Waals surface area contributed by atoms with Gasteiger partial charge in [-0.05, 0) is 30.5 Å². The minimum atomic E-state index is -0.582. The second-order valence-electron chi connectivity index (χ2n) is 7.47. The molecule has 2 N–H and O–H groups in total. The Balaban J connectivity index is 1.61. The maximum Gasteiger partial charge on any atom is 0.407 e. The lowest BCUT2D eigenvalue weighted by atomic mass is 10.1. The van der Waals surface area contributed by atoms with Crippen LogP contribution in [0.15, 0.2) is 60.7 Å². The van der Waals surface area contributed by atoms with Gasteiger partial charge in [0.05, 0.1) is 20.0 Å². The summed E-state index contributed by atoms with van der Waals surface area (Å²) in [6.07, 6.45) is 0.994. The standard InChI is InChI=1S/C25H32N2O6/c1-31-24(29)17-22(27-25(30)33-19-21-11-6-3-7-12-21)13-8-15-26-16-14-23(28)32-18-20-9-4-2-5-10-20/h2-7,9-12,22,26H,8,13-19H2,1H3,(H,27,30)/t22-/m0/s1. The smallest absolute Gasteiger partial charge is 0.407 e. The summed E-state index contributed by atoms with van der Waals surface area (Å²) < 4.78 is 15.2. The third-order valence-electron chi connectivity index (χ3n) is 4.83. The normalized spacial score (nSPS) is 11.3. The maximum absolute atomic E-state index is 12.1. The number of rotatable bonds is 14. The number of nitrogens with one attached hydrogen (secondary N) is 2. The average molecular weight is 457 g/mol. The molecule has 0 fully saturated rings. The van der Waals surface area contributed by atoms with Gasteiger partial charge in [-0.3, -0.25) is 9.59 Å². The fourth-order valence-electron chi connectivity index (χ4n) is 3.04. The van der Waals surface area contributed by atoms with Crippen LogP contribution in [-0.4, -0.2) is 44.3 Å². The van der Waals surface area contributed by atoms with E-state index >= 15 is 0 Å². The Kier molecular flexibility index (Phi) is 12.1. The molecule has 0 saturated heterocycles. The summed E-state index contributed by atoms with van der Waals surface area (Å²) in [6.45, 7) is 1.53. The van der Waals surface area contributed by atoms with Crippen LogP contribution in [0.25, 0.3) is 0 Å². The van der Waals surface area contributed by atoms with Gasteiger partial charge in [0.15, 0.2) is 0 Å². The van der Waals surface area contributed by atoms with Crippen LogP contribution in [-0.2, 0) is 37.0 Å². The van der Waals surface area contributed by atoms with Crippen molar-refractivity contribution in [2.24, 2.45) is 0 Å². The van der Waals surface area contributed by atoms with Crippen LogP contribution < -0.4 is 10.6 Å². The molecule has 0 unspecified atom stereocenters. The van der Waals surface area contributed by atoms with Crippen molar-refractivity contribution in [2.45, 2.75) is 44.9 Å². The number of carbonyl (C=O) groups excluding carboxylic acids is 3. The van der Waals surface area contributed by atoms with Gasteiger partial charge in [0.25, 0.3) is 0 Å². The van der Waals surface area contributed by atoms with E-state index in [1.807, 2.05) is 60.7 Å². The summed E-state index contributed by atoms with van der Waals surface area (Å²) in [4.78, 5) is 35.6. The Bertz CT molecular complexity index is 844. The van der Waals surface area contributed by atoms with Crippen molar-refractivity contribution < 1.29 is 28.6 Å². The third kappa shape index (κ3) is 11.7. The number of hydrogen-bond acceptors (Lipinski definition) is 7. The van der Waals surface area contributed by atoms with E-state index in [2.05, 4.69) is 10.6 Å². The molecule has 1 atom stereocenters. The lowest BCUT2D eigenvalue weighted by Crippen LogP contribution is -2.37. The van der Waals surface area contributed by atoms with Crippen LogP contribution in [0.3, 0.4) is 0 Å². The highest BCUT2D eigenvalue weighted by Crippen LogP contribution is 2.06. The SMILES string of the molecule is COC(=O)C[C@H](CCCNCCC(=O)OCc1ccccc1)NC(=O)OCc1ccccc1. The first-order valence-corrected chi connectivity index (χ1v) is 11.0. The zero-order valence-corrected chi connectivity index (χ0v) is 19.0. The molecule has 0 spiro atoms. The summed E-state index contributed by atoms with van der Waals surface area (Å²) in [5, 5.41) is 5.91. The minimum Gasteiger partial charge on any atom is -0.469 e. The van der Waals surface area contributed by atoms with E-state index in [-0.39, 0.29) is 32.0 Å². The largest absolute Gasteiger partial charge is 0.469 e. The topological polar surface area (TPSA) is 103 Å². The van der Waals surface area contributed by atoms with Crippen molar-refractivity contribution >= 4 is 18.0 Å². The lowest BCUT2D eigenvalue weighted by Gasteiger charge is -2.18. The Labute approximate surface area is 194 Å². The maximum atomic E-state index is 12.1. The first-order valence-electron chi connectivity index (χ1n) is 11.0. The molecule has 8 heteroatoms. The van der Waals surface area contributed by atoms with Gasteiger partial charge in [-0.15, -0.1) is 0 Å². The number of ether oxygens (including phenoxy) is 3. The fourth-order valence-corrected chi connectivity index (χ4v) is 3.04. The number of hydrogen-bond donors (Lipinski definition) is 2. The molecule has 0 saturated carbocycles. The van der Waals surface area contributed by atoms with Crippen molar-refractivity contribution in [2.75, 3.05) is 20.2 Å². The molecule has 0 heterocycles. The van der Waals surface area contributed by atoms with Crippen LogP contribution in [0.4, 0.5) is 4.79 Å². The third-order valence-corrected chi connectivity index (χ3v) is 4.83. The quantitative estimate of drug-likeness (QED) is 0.255. The Hall–Kier alpha value is -3.39. The molecular formula is C25H32N2O6. The van der Waals surface area contributed by atoms with Crippen molar-refractivity contribution in [1.82, 2.24) is 10.6 Å². The summed E-state index contributed by atoms with van der Waals surface area (Å²) in [7, 11) is 1.31. The second-order valence-corrected chi connectivity index (χ2v) is 7.47. The first-order chi connectivity index (χ1) is 16.1. The monoisotopic (exact) mass is 456 g/mol. The number of carbonyl (C=O) groups is 3. The number of amides is 1. The second kappa shape index (κ2) is 15.4. The zero-order chi connectivity index (χ0) is 23.7. The molecule has 0 aliphatic carbocycles. The zero-order valence-electron chi connectivity index (χ0n) is 19.0. The van der Waals surface area contributed by atoms with Gasteiger partial charge in [-0.1, -0.05) is 60.7 Å². The molecule has 2 rings (SSSR count). The van der Waals surface area contributed by atoms with E-state index in [1.165, 1.54) is 7.11 Å².